The summed E-state index contributed by atoms with van der Waals surface area (Å²) in [5.74, 6) is 0.890. The average molecular weight is 380 g/mol. The van der Waals surface area contributed by atoms with Crippen molar-refractivity contribution in [1.29, 1.82) is 0 Å². The maximum atomic E-state index is 13.2. The van der Waals surface area contributed by atoms with Gasteiger partial charge in [-0.05, 0) is 37.5 Å². The molecule has 0 spiro atoms. The Morgan fingerprint density at radius 3 is 2.71 bits per heavy atom. The Hall–Kier alpha value is -2.93. The zero-order valence-corrected chi connectivity index (χ0v) is 15.9. The lowest BCUT2D eigenvalue weighted by Gasteiger charge is -2.36. The van der Waals surface area contributed by atoms with E-state index in [0.717, 1.165) is 17.8 Å². The molecule has 1 N–H and O–H groups in total. The fourth-order valence-corrected chi connectivity index (χ4v) is 3.77. The molecule has 0 aliphatic carbocycles. The van der Waals surface area contributed by atoms with E-state index < -0.39 is 5.41 Å². The van der Waals surface area contributed by atoms with Crippen molar-refractivity contribution in [2.24, 2.45) is 0 Å². The molecule has 1 saturated heterocycles. The highest BCUT2D eigenvalue weighted by Gasteiger charge is 2.41. The second-order valence-electron chi connectivity index (χ2n) is 6.93. The summed E-state index contributed by atoms with van der Waals surface area (Å²) in [5, 5.41) is 7.05. The summed E-state index contributed by atoms with van der Waals surface area (Å²) in [6, 6.07) is 13.8. The van der Waals surface area contributed by atoms with Crippen LogP contribution in [0.1, 0.15) is 31.2 Å². The number of ether oxygens (including phenoxy) is 1. The van der Waals surface area contributed by atoms with Crippen molar-refractivity contribution in [2.75, 3.05) is 13.2 Å². The lowest BCUT2D eigenvalue weighted by molar-refractivity contribution is -0.130. The van der Waals surface area contributed by atoms with Crippen LogP contribution in [-0.4, -0.2) is 33.8 Å². The van der Waals surface area contributed by atoms with Gasteiger partial charge >= 0.3 is 0 Å². The van der Waals surface area contributed by atoms with E-state index in [1.54, 1.807) is 0 Å². The standard InChI is InChI=1S/C21H24N4O3/c1-2-25-12-6-9-17(25)19-23-18(28-24-19)15-22-20(26)21(10-13-27-14-11-21)16-7-4-3-5-8-16/h3-9,12H,2,10-11,13-15H2,1H3,(H,22,26). The molecule has 0 bridgehead atoms. The molecule has 0 atom stereocenters. The lowest BCUT2D eigenvalue weighted by atomic mass is 9.73. The van der Waals surface area contributed by atoms with Crippen LogP contribution in [0.5, 0.6) is 0 Å². The summed E-state index contributed by atoms with van der Waals surface area (Å²) in [5.41, 5.74) is 1.33. The number of benzene rings is 1. The van der Waals surface area contributed by atoms with Gasteiger partial charge in [-0.2, -0.15) is 4.98 Å². The molecule has 0 radical (unpaired) electrons. The molecule has 1 amide bonds. The van der Waals surface area contributed by atoms with Crippen LogP contribution in [0, 0.1) is 0 Å². The van der Waals surface area contributed by atoms with Crippen molar-refractivity contribution in [3.05, 3.63) is 60.1 Å². The first-order valence-corrected chi connectivity index (χ1v) is 9.62. The highest BCUT2D eigenvalue weighted by atomic mass is 16.5. The number of nitrogens with zero attached hydrogens (tertiary/aromatic N) is 3. The Balaban J connectivity index is 1.49. The van der Waals surface area contributed by atoms with Gasteiger partial charge in [0, 0.05) is 26.0 Å². The number of aryl methyl sites for hydroxylation is 1. The molecule has 2 aromatic heterocycles. The summed E-state index contributed by atoms with van der Waals surface area (Å²) in [6.07, 6.45) is 3.28. The molecule has 0 unspecified atom stereocenters. The third kappa shape index (κ3) is 3.45. The van der Waals surface area contributed by atoms with Gasteiger partial charge < -0.3 is 19.1 Å². The molecular weight excluding hydrogens is 356 g/mol. The Morgan fingerprint density at radius 2 is 1.96 bits per heavy atom. The van der Waals surface area contributed by atoms with Crippen molar-refractivity contribution >= 4 is 5.91 Å². The third-order valence-corrected chi connectivity index (χ3v) is 5.37. The number of hydrogen-bond acceptors (Lipinski definition) is 5. The van der Waals surface area contributed by atoms with E-state index in [4.69, 9.17) is 9.26 Å². The Bertz CT molecular complexity index is 926. The van der Waals surface area contributed by atoms with Gasteiger partial charge in [-0.1, -0.05) is 35.5 Å². The van der Waals surface area contributed by atoms with Gasteiger partial charge in [0.25, 0.3) is 0 Å². The minimum Gasteiger partial charge on any atom is -0.381 e. The predicted octanol–water partition coefficient (Wildman–Crippen LogP) is 2.92. The van der Waals surface area contributed by atoms with Gasteiger partial charge in [-0.3, -0.25) is 4.79 Å². The van der Waals surface area contributed by atoms with Crippen LogP contribution in [0.3, 0.4) is 0 Å². The first-order valence-electron chi connectivity index (χ1n) is 9.62. The number of carbonyl (C=O) groups excluding carboxylic acids is 1. The number of amides is 1. The number of aromatic nitrogens is 3. The van der Waals surface area contributed by atoms with Crippen LogP contribution in [-0.2, 0) is 28.0 Å². The minimum atomic E-state index is -0.584. The van der Waals surface area contributed by atoms with E-state index in [-0.39, 0.29) is 12.5 Å². The highest BCUT2D eigenvalue weighted by Crippen LogP contribution is 2.35. The van der Waals surface area contributed by atoms with Crippen molar-refractivity contribution < 1.29 is 14.1 Å². The Morgan fingerprint density at radius 1 is 1.18 bits per heavy atom. The summed E-state index contributed by atoms with van der Waals surface area (Å²) >= 11 is 0. The molecule has 1 aliphatic rings. The minimum absolute atomic E-state index is 0.0290. The van der Waals surface area contributed by atoms with E-state index in [9.17, 15) is 4.79 Å². The van der Waals surface area contributed by atoms with Gasteiger partial charge in [0.05, 0.1) is 17.7 Å². The second kappa shape index (κ2) is 7.98. The largest absolute Gasteiger partial charge is 0.381 e. The SMILES string of the molecule is CCn1cccc1-c1noc(CNC(=O)C2(c3ccccc3)CCOCC2)n1. The van der Waals surface area contributed by atoms with Crippen molar-refractivity contribution in [2.45, 2.75) is 38.3 Å². The second-order valence-corrected chi connectivity index (χ2v) is 6.93. The molecule has 0 saturated carbocycles. The fraction of sp³-hybridized carbons (Fsp3) is 0.381. The predicted molar refractivity (Wildman–Crippen MR) is 103 cm³/mol. The molecule has 3 aromatic rings. The summed E-state index contributed by atoms with van der Waals surface area (Å²) < 4.78 is 12.9. The van der Waals surface area contributed by atoms with Gasteiger partial charge in [-0.25, -0.2) is 0 Å². The molecule has 1 aromatic carbocycles. The average Bonchev–Trinajstić information content (AvgIpc) is 3.42. The summed E-state index contributed by atoms with van der Waals surface area (Å²) in [4.78, 5) is 17.6. The highest BCUT2D eigenvalue weighted by molar-refractivity contribution is 5.88. The van der Waals surface area contributed by atoms with Crippen molar-refractivity contribution in [3.63, 3.8) is 0 Å². The first kappa shape index (κ1) is 18.4. The molecule has 7 nitrogen and oxygen atoms in total. The number of hydrogen-bond donors (Lipinski definition) is 1. The maximum Gasteiger partial charge on any atom is 0.246 e. The van der Waals surface area contributed by atoms with Crippen LogP contribution >= 0.6 is 0 Å². The molecule has 4 rings (SSSR count). The fourth-order valence-electron chi connectivity index (χ4n) is 3.77. The zero-order chi connectivity index (χ0) is 19.4. The molecule has 3 heterocycles. The van der Waals surface area contributed by atoms with Crippen molar-refractivity contribution in [3.8, 4) is 11.5 Å². The first-order chi connectivity index (χ1) is 13.7. The Labute approximate surface area is 163 Å². The monoisotopic (exact) mass is 380 g/mol. The molecule has 7 heteroatoms. The van der Waals surface area contributed by atoms with E-state index >= 15 is 0 Å². The maximum absolute atomic E-state index is 13.2. The van der Waals surface area contributed by atoms with E-state index in [1.807, 2.05) is 53.2 Å². The third-order valence-electron chi connectivity index (χ3n) is 5.37. The lowest BCUT2D eigenvalue weighted by Crippen LogP contribution is -2.47. The van der Waals surface area contributed by atoms with Crippen LogP contribution in [0.2, 0.25) is 0 Å². The van der Waals surface area contributed by atoms with Crippen LogP contribution in [0.15, 0.2) is 53.2 Å². The van der Waals surface area contributed by atoms with Crippen LogP contribution in [0.4, 0.5) is 0 Å². The zero-order valence-electron chi connectivity index (χ0n) is 15.9. The molecule has 28 heavy (non-hydrogen) atoms. The molecule has 1 fully saturated rings. The van der Waals surface area contributed by atoms with Crippen molar-refractivity contribution in [1.82, 2.24) is 20.0 Å². The van der Waals surface area contributed by atoms with Gasteiger partial charge in [-0.15, -0.1) is 0 Å². The number of carbonyl (C=O) groups is 1. The summed E-state index contributed by atoms with van der Waals surface area (Å²) in [7, 11) is 0. The normalized spacial score (nSPS) is 16.0. The molecular formula is C21H24N4O3. The molecule has 146 valence electrons. The summed E-state index contributed by atoms with van der Waals surface area (Å²) in [6.45, 7) is 4.22. The number of rotatable bonds is 6. The molecule has 1 aliphatic heterocycles. The van der Waals surface area contributed by atoms with E-state index in [2.05, 4.69) is 22.4 Å². The van der Waals surface area contributed by atoms with Gasteiger partial charge in [0.15, 0.2) is 0 Å². The quantitative estimate of drug-likeness (QED) is 0.711. The Kier molecular flexibility index (Phi) is 5.25. The van der Waals surface area contributed by atoms with Crippen LogP contribution in [0.25, 0.3) is 11.5 Å². The topological polar surface area (TPSA) is 82.2 Å². The van der Waals surface area contributed by atoms with Gasteiger partial charge in [0.2, 0.25) is 17.6 Å². The number of nitrogens with one attached hydrogen (secondary N) is 1. The van der Waals surface area contributed by atoms with E-state index in [0.29, 0.717) is 37.8 Å². The van der Waals surface area contributed by atoms with E-state index in [1.165, 1.54) is 0 Å². The van der Waals surface area contributed by atoms with Gasteiger partial charge in [0.1, 0.15) is 0 Å². The smallest absolute Gasteiger partial charge is 0.246 e. The van der Waals surface area contributed by atoms with Crippen LogP contribution < -0.4 is 5.32 Å².